The summed E-state index contributed by atoms with van der Waals surface area (Å²) < 4.78 is 11.4. The predicted octanol–water partition coefficient (Wildman–Crippen LogP) is 19.9. The third-order valence-electron chi connectivity index (χ3n) is 14.9. The second-order valence-corrected chi connectivity index (χ2v) is 22.3. The summed E-state index contributed by atoms with van der Waals surface area (Å²) in [5.74, 6) is 0. The second kappa shape index (κ2) is 15.9. The van der Waals surface area contributed by atoms with E-state index >= 15 is 0 Å². The van der Waals surface area contributed by atoms with Gasteiger partial charge in [0.1, 0.15) is 5.01 Å². The standard InChI is InChI=1S/C67H39N3S3/c1-2-13-40(14-3-1)67-68-57-39-60-54(38-65(57)73-67)53-37-45(27-30-59(53)69(60)46-17-10-15-41(33-46)43-28-31-63-55(35-43)50-20-5-8-25-61(50)71-63)48-22-12-23-52-49-19-4-7-24-58(49)70(66(48)52)47-18-11-16-42(34-47)44-29-32-64-56(36-44)51-21-6-9-26-62(51)72-64/h1-39H. The van der Waals surface area contributed by atoms with Gasteiger partial charge in [-0.05, 0) is 119 Å². The lowest BCUT2D eigenvalue weighted by molar-refractivity contribution is 1.18. The maximum absolute atomic E-state index is 5.26. The molecule has 0 bridgehead atoms. The van der Waals surface area contributed by atoms with Crippen LogP contribution in [0.4, 0.5) is 0 Å². The molecule has 0 N–H and O–H groups in total. The Morgan fingerprint density at radius 1 is 0.274 bits per heavy atom. The van der Waals surface area contributed by atoms with Crippen molar-refractivity contribution in [2.24, 2.45) is 0 Å². The van der Waals surface area contributed by atoms with Gasteiger partial charge in [-0.2, -0.15) is 0 Å². The summed E-state index contributed by atoms with van der Waals surface area (Å²) in [7, 11) is 0. The first-order valence-electron chi connectivity index (χ1n) is 24.7. The van der Waals surface area contributed by atoms with E-state index in [1.54, 1.807) is 11.3 Å². The lowest BCUT2D eigenvalue weighted by Gasteiger charge is -2.14. The Bertz CT molecular complexity index is 4930. The van der Waals surface area contributed by atoms with Crippen LogP contribution >= 0.6 is 34.0 Å². The van der Waals surface area contributed by atoms with Crippen molar-refractivity contribution in [1.82, 2.24) is 14.1 Å². The predicted molar refractivity (Wildman–Crippen MR) is 316 cm³/mol. The van der Waals surface area contributed by atoms with E-state index in [1.165, 1.54) is 111 Å². The molecular weight excluding hydrogens is 943 g/mol. The third-order valence-corrected chi connectivity index (χ3v) is 18.3. The fraction of sp³-hybridized carbons (Fsp3) is 0. The minimum Gasteiger partial charge on any atom is -0.309 e. The van der Waals surface area contributed by atoms with E-state index in [0.717, 1.165) is 38.5 Å². The molecule has 73 heavy (non-hydrogen) atoms. The van der Waals surface area contributed by atoms with Gasteiger partial charge in [0.15, 0.2) is 0 Å². The van der Waals surface area contributed by atoms with E-state index in [2.05, 4.69) is 246 Å². The highest BCUT2D eigenvalue weighted by molar-refractivity contribution is 7.26. The Kier molecular flexibility index (Phi) is 8.95. The number of aromatic nitrogens is 3. The van der Waals surface area contributed by atoms with Gasteiger partial charge in [-0.15, -0.1) is 34.0 Å². The van der Waals surface area contributed by atoms with Crippen LogP contribution in [0.2, 0.25) is 0 Å². The van der Waals surface area contributed by atoms with Crippen LogP contribution in [0, 0.1) is 0 Å². The summed E-state index contributed by atoms with van der Waals surface area (Å²) in [5.41, 5.74) is 16.3. The molecule has 6 heteroatoms. The van der Waals surface area contributed by atoms with Crippen molar-refractivity contribution in [3.8, 4) is 55.3 Å². The van der Waals surface area contributed by atoms with Crippen molar-refractivity contribution in [2.75, 3.05) is 0 Å². The molecule has 0 radical (unpaired) electrons. The van der Waals surface area contributed by atoms with E-state index in [9.17, 15) is 0 Å². The highest BCUT2D eigenvalue weighted by Gasteiger charge is 2.21. The zero-order chi connectivity index (χ0) is 47.7. The maximum atomic E-state index is 5.26. The molecule has 0 amide bonds. The van der Waals surface area contributed by atoms with Crippen LogP contribution < -0.4 is 0 Å². The molecule has 0 aliphatic rings. The number of para-hydroxylation sites is 2. The molecule has 0 spiro atoms. The molecule has 11 aromatic carbocycles. The summed E-state index contributed by atoms with van der Waals surface area (Å²) in [6, 6.07) is 87.6. The van der Waals surface area contributed by atoms with Crippen molar-refractivity contribution in [3.05, 3.63) is 237 Å². The molecule has 0 aliphatic heterocycles. The summed E-state index contributed by atoms with van der Waals surface area (Å²) in [4.78, 5) is 5.26. The molecule has 0 atom stereocenters. The second-order valence-electron chi connectivity index (χ2n) is 19.1. The van der Waals surface area contributed by atoms with Gasteiger partial charge >= 0.3 is 0 Å². The number of hydrogen-bond donors (Lipinski definition) is 0. The summed E-state index contributed by atoms with van der Waals surface area (Å²) in [5, 5.41) is 11.2. The summed E-state index contributed by atoms with van der Waals surface area (Å²) in [6.07, 6.45) is 0. The topological polar surface area (TPSA) is 22.8 Å². The molecule has 3 nitrogen and oxygen atoms in total. The summed E-state index contributed by atoms with van der Waals surface area (Å²) in [6.45, 7) is 0. The lowest BCUT2D eigenvalue weighted by Crippen LogP contribution is -1.96. The molecule has 16 aromatic rings. The van der Waals surface area contributed by atoms with Gasteiger partial charge in [0.2, 0.25) is 0 Å². The number of hydrogen-bond acceptors (Lipinski definition) is 4. The minimum atomic E-state index is 1.01. The van der Waals surface area contributed by atoms with Crippen molar-refractivity contribution in [3.63, 3.8) is 0 Å². The molecule has 340 valence electrons. The Balaban J connectivity index is 0.894. The molecule has 0 saturated carbocycles. The maximum Gasteiger partial charge on any atom is 0.124 e. The Morgan fingerprint density at radius 2 is 0.795 bits per heavy atom. The fourth-order valence-corrected chi connectivity index (χ4v) is 14.7. The number of benzene rings is 11. The molecule has 5 aromatic heterocycles. The van der Waals surface area contributed by atoms with E-state index in [0.29, 0.717) is 0 Å². The van der Waals surface area contributed by atoms with Crippen LogP contribution in [0.1, 0.15) is 0 Å². The summed E-state index contributed by atoms with van der Waals surface area (Å²) >= 11 is 5.49. The van der Waals surface area contributed by atoms with E-state index < -0.39 is 0 Å². The SMILES string of the molecule is c1ccc(-c2nc3cc4c(cc3s2)c2cc(-c3cccc5c6ccccc6n(-c6cccc(-c7ccc8sc9ccccc9c8c7)c6)c35)ccc2n4-c2cccc(-c3ccc4sc5ccccc5c4c3)c2)cc1. The zero-order valence-corrected chi connectivity index (χ0v) is 41.5. The first-order chi connectivity index (χ1) is 36.1. The van der Waals surface area contributed by atoms with Crippen molar-refractivity contribution in [1.29, 1.82) is 0 Å². The zero-order valence-electron chi connectivity index (χ0n) is 39.1. The highest BCUT2D eigenvalue weighted by atomic mass is 32.1. The molecule has 0 unspecified atom stereocenters. The Labute approximate surface area is 431 Å². The van der Waals surface area contributed by atoms with Crippen molar-refractivity contribution < 1.29 is 0 Å². The molecule has 0 fully saturated rings. The third kappa shape index (κ3) is 6.38. The van der Waals surface area contributed by atoms with E-state index in [1.807, 2.05) is 22.7 Å². The van der Waals surface area contributed by atoms with Crippen LogP contribution in [0.15, 0.2) is 237 Å². The quantitative estimate of drug-likeness (QED) is 0.163. The molecular formula is C67H39N3S3. The van der Waals surface area contributed by atoms with Crippen LogP contribution in [0.3, 0.4) is 0 Å². The first kappa shape index (κ1) is 41.0. The Morgan fingerprint density at radius 3 is 1.51 bits per heavy atom. The van der Waals surface area contributed by atoms with Gasteiger partial charge in [-0.25, -0.2) is 4.98 Å². The van der Waals surface area contributed by atoms with Crippen LogP contribution in [-0.4, -0.2) is 14.1 Å². The van der Waals surface area contributed by atoms with Gasteiger partial charge in [-0.3, -0.25) is 0 Å². The fourth-order valence-electron chi connectivity index (χ4n) is 11.6. The number of nitrogens with zero attached hydrogens (tertiary/aromatic N) is 3. The highest BCUT2D eigenvalue weighted by Crippen LogP contribution is 2.45. The molecule has 0 saturated heterocycles. The van der Waals surface area contributed by atoms with E-state index in [-0.39, 0.29) is 0 Å². The normalized spacial score (nSPS) is 12.1. The minimum absolute atomic E-state index is 1.01. The van der Waals surface area contributed by atoms with Gasteiger partial charge in [0.25, 0.3) is 0 Å². The molecule has 0 aliphatic carbocycles. The van der Waals surface area contributed by atoms with E-state index in [4.69, 9.17) is 4.98 Å². The van der Waals surface area contributed by atoms with Gasteiger partial charge in [0.05, 0.1) is 32.3 Å². The Hall–Kier alpha value is -8.65. The molecule has 16 rings (SSSR count). The average molecular weight is 982 g/mol. The molecule has 5 heterocycles. The van der Waals surface area contributed by atoms with Crippen LogP contribution in [0.25, 0.3) is 149 Å². The first-order valence-corrected chi connectivity index (χ1v) is 27.1. The van der Waals surface area contributed by atoms with Crippen molar-refractivity contribution in [2.45, 2.75) is 0 Å². The van der Waals surface area contributed by atoms with Gasteiger partial charge in [0, 0.05) is 84.4 Å². The number of fused-ring (bicyclic) bond motifs is 13. The van der Waals surface area contributed by atoms with Gasteiger partial charge in [-0.1, -0.05) is 146 Å². The number of thiazole rings is 1. The van der Waals surface area contributed by atoms with Crippen LogP contribution in [-0.2, 0) is 0 Å². The number of rotatable bonds is 6. The van der Waals surface area contributed by atoms with Crippen molar-refractivity contribution >= 4 is 128 Å². The van der Waals surface area contributed by atoms with Crippen LogP contribution in [0.5, 0.6) is 0 Å². The average Bonchev–Trinajstić information content (AvgIpc) is 4.29. The number of thiophene rings is 2. The van der Waals surface area contributed by atoms with Gasteiger partial charge < -0.3 is 9.13 Å². The largest absolute Gasteiger partial charge is 0.309 e. The monoisotopic (exact) mass is 981 g/mol. The lowest BCUT2D eigenvalue weighted by atomic mass is 9.99. The smallest absolute Gasteiger partial charge is 0.124 e.